The van der Waals surface area contributed by atoms with Gasteiger partial charge in [-0.2, -0.15) is 4.68 Å². The molecular formula is C24H22N6OS2. The first-order valence-corrected chi connectivity index (χ1v) is 12.3. The summed E-state index contributed by atoms with van der Waals surface area (Å²) in [5.41, 5.74) is 4.06. The van der Waals surface area contributed by atoms with Crippen molar-refractivity contribution in [3.63, 3.8) is 0 Å². The van der Waals surface area contributed by atoms with Crippen molar-refractivity contribution in [3.8, 4) is 5.69 Å². The van der Waals surface area contributed by atoms with Gasteiger partial charge in [0, 0.05) is 4.88 Å². The summed E-state index contributed by atoms with van der Waals surface area (Å²) < 4.78 is 3.40. The van der Waals surface area contributed by atoms with Crippen LogP contribution in [0.2, 0.25) is 0 Å². The molecule has 0 saturated carbocycles. The lowest BCUT2D eigenvalue weighted by Crippen LogP contribution is -2.24. The van der Waals surface area contributed by atoms with Gasteiger partial charge in [-0.25, -0.2) is 4.98 Å². The Morgan fingerprint density at radius 1 is 1.00 bits per heavy atom. The molecular weight excluding hydrogens is 452 g/mol. The summed E-state index contributed by atoms with van der Waals surface area (Å²) in [6.07, 6.45) is 0.874. The molecule has 0 unspecified atom stereocenters. The van der Waals surface area contributed by atoms with Crippen LogP contribution in [-0.2, 0) is 13.0 Å². The Hall–Kier alpha value is -3.30. The zero-order valence-electron chi connectivity index (χ0n) is 18.5. The van der Waals surface area contributed by atoms with Gasteiger partial charge in [0.2, 0.25) is 5.16 Å². The fourth-order valence-corrected chi connectivity index (χ4v) is 5.76. The van der Waals surface area contributed by atoms with Crippen LogP contribution < -0.4 is 5.56 Å². The molecule has 0 saturated heterocycles. The number of fused-ring (bicyclic) bond motifs is 1. The minimum atomic E-state index is -0.0322. The Morgan fingerprint density at radius 2 is 1.76 bits per heavy atom. The van der Waals surface area contributed by atoms with Crippen molar-refractivity contribution in [1.29, 1.82) is 0 Å². The molecule has 0 atom stereocenters. The van der Waals surface area contributed by atoms with Crippen molar-refractivity contribution >= 4 is 33.3 Å². The first-order chi connectivity index (χ1) is 16.0. The van der Waals surface area contributed by atoms with Crippen LogP contribution in [0, 0.1) is 13.8 Å². The average molecular weight is 475 g/mol. The lowest BCUT2D eigenvalue weighted by Gasteiger charge is -2.12. The van der Waals surface area contributed by atoms with E-state index < -0.39 is 0 Å². The molecule has 0 bridgehead atoms. The highest BCUT2D eigenvalue weighted by Gasteiger charge is 2.20. The highest BCUT2D eigenvalue weighted by molar-refractivity contribution is 7.99. The lowest BCUT2D eigenvalue weighted by atomic mass is 10.1. The molecule has 0 aliphatic rings. The van der Waals surface area contributed by atoms with Crippen LogP contribution in [-0.4, -0.2) is 29.8 Å². The van der Waals surface area contributed by atoms with Crippen molar-refractivity contribution in [3.05, 3.63) is 86.5 Å². The number of hydrogen-bond acceptors (Lipinski definition) is 7. The van der Waals surface area contributed by atoms with Gasteiger partial charge in [-0.05, 0) is 65.7 Å². The van der Waals surface area contributed by atoms with Gasteiger partial charge < -0.3 is 0 Å². The molecule has 0 aliphatic heterocycles. The van der Waals surface area contributed by atoms with E-state index in [9.17, 15) is 4.79 Å². The third-order valence-electron chi connectivity index (χ3n) is 5.52. The van der Waals surface area contributed by atoms with Crippen LogP contribution in [0.25, 0.3) is 15.9 Å². The maximum atomic E-state index is 13.7. The maximum absolute atomic E-state index is 13.7. The van der Waals surface area contributed by atoms with Gasteiger partial charge in [0.25, 0.3) is 5.56 Å². The Bertz CT molecular complexity index is 1490. The number of thiophene rings is 1. The zero-order chi connectivity index (χ0) is 22.9. The van der Waals surface area contributed by atoms with Crippen LogP contribution in [0.1, 0.15) is 28.5 Å². The van der Waals surface area contributed by atoms with Gasteiger partial charge >= 0.3 is 0 Å². The molecule has 7 nitrogen and oxygen atoms in total. The molecule has 166 valence electrons. The van der Waals surface area contributed by atoms with Crippen LogP contribution >= 0.6 is 23.1 Å². The minimum Gasteiger partial charge on any atom is -0.282 e. The van der Waals surface area contributed by atoms with Crippen molar-refractivity contribution in [1.82, 2.24) is 29.8 Å². The van der Waals surface area contributed by atoms with Crippen molar-refractivity contribution < 1.29 is 0 Å². The van der Waals surface area contributed by atoms with Crippen LogP contribution in [0.3, 0.4) is 0 Å². The largest absolute Gasteiger partial charge is 0.282 e. The van der Waals surface area contributed by atoms with E-state index in [2.05, 4.69) is 41.5 Å². The quantitative estimate of drug-likeness (QED) is 0.329. The number of aromatic nitrogens is 6. The second kappa shape index (κ2) is 8.92. The molecule has 5 rings (SSSR count). The van der Waals surface area contributed by atoms with Crippen LogP contribution in [0.15, 0.2) is 69.7 Å². The van der Waals surface area contributed by atoms with Crippen molar-refractivity contribution in [2.24, 2.45) is 0 Å². The molecule has 3 heterocycles. The van der Waals surface area contributed by atoms with Gasteiger partial charge in [0.1, 0.15) is 4.83 Å². The van der Waals surface area contributed by atoms with Crippen LogP contribution in [0.4, 0.5) is 0 Å². The number of benzene rings is 2. The smallest absolute Gasteiger partial charge is 0.263 e. The van der Waals surface area contributed by atoms with E-state index in [4.69, 9.17) is 4.98 Å². The van der Waals surface area contributed by atoms with Gasteiger partial charge in [-0.1, -0.05) is 55.0 Å². The fraction of sp³-hybridized carbons (Fsp3) is 0.208. The first kappa shape index (κ1) is 21.5. The number of rotatable bonds is 6. The average Bonchev–Trinajstić information content (AvgIpc) is 3.42. The first-order valence-electron chi connectivity index (χ1n) is 10.6. The molecule has 0 aliphatic carbocycles. The summed E-state index contributed by atoms with van der Waals surface area (Å²) in [5, 5.41) is 14.0. The van der Waals surface area contributed by atoms with E-state index >= 15 is 0 Å². The summed E-state index contributed by atoms with van der Waals surface area (Å²) in [6, 6.07) is 17.9. The Labute approximate surface area is 199 Å². The predicted molar refractivity (Wildman–Crippen MR) is 132 cm³/mol. The highest BCUT2D eigenvalue weighted by atomic mass is 32.2. The normalized spacial score (nSPS) is 11.4. The summed E-state index contributed by atoms with van der Waals surface area (Å²) >= 11 is 2.89. The molecule has 33 heavy (non-hydrogen) atoms. The molecule has 0 spiro atoms. The van der Waals surface area contributed by atoms with E-state index in [0.717, 1.165) is 28.1 Å². The number of aryl methyl sites for hydroxylation is 3. The zero-order valence-corrected chi connectivity index (χ0v) is 20.2. The van der Waals surface area contributed by atoms with Crippen LogP contribution in [0.5, 0.6) is 0 Å². The molecule has 0 fully saturated rings. The topological polar surface area (TPSA) is 78.5 Å². The van der Waals surface area contributed by atoms with E-state index in [1.165, 1.54) is 22.2 Å². The minimum absolute atomic E-state index is 0.0322. The molecule has 0 N–H and O–H groups in total. The summed E-state index contributed by atoms with van der Waals surface area (Å²) in [5.74, 6) is 0. The summed E-state index contributed by atoms with van der Waals surface area (Å²) in [6.45, 7) is 6.59. The Morgan fingerprint density at radius 3 is 2.48 bits per heavy atom. The van der Waals surface area contributed by atoms with Gasteiger partial charge in [-0.3, -0.25) is 9.36 Å². The van der Waals surface area contributed by atoms with E-state index in [1.807, 2.05) is 49.4 Å². The third-order valence-corrected chi connectivity index (χ3v) is 7.78. The van der Waals surface area contributed by atoms with E-state index in [-0.39, 0.29) is 5.56 Å². The summed E-state index contributed by atoms with van der Waals surface area (Å²) in [4.78, 5) is 20.6. The van der Waals surface area contributed by atoms with E-state index in [0.29, 0.717) is 22.2 Å². The monoisotopic (exact) mass is 474 g/mol. The van der Waals surface area contributed by atoms with Gasteiger partial charge in [0.05, 0.1) is 17.6 Å². The summed E-state index contributed by atoms with van der Waals surface area (Å²) in [7, 11) is 0. The standard InChI is InChI=1S/C24H22N6OS2/c1-4-19-16(3)20-21(32-19)25-23(29(22(20)31)14-17-12-10-15(2)11-13-17)33-24-26-27-28-30(24)18-8-6-5-7-9-18/h5-13H,4,14H2,1-3H3. The Kier molecular flexibility index (Phi) is 5.82. The number of hydrogen-bond donors (Lipinski definition) is 0. The fourth-order valence-electron chi connectivity index (χ4n) is 3.73. The SMILES string of the molecule is CCc1sc2nc(Sc3nnnn3-c3ccccc3)n(Cc3ccc(C)cc3)c(=O)c2c1C. The molecule has 2 aromatic carbocycles. The molecule has 5 aromatic rings. The molecule has 9 heteroatoms. The maximum Gasteiger partial charge on any atom is 0.263 e. The second-order valence-corrected chi connectivity index (χ2v) is 9.78. The number of para-hydroxylation sites is 1. The second-order valence-electron chi connectivity index (χ2n) is 7.77. The van der Waals surface area contributed by atoms with E-state index in [1.54, 1.807) is 20.6 Å². The predicted octanol–water partition coefficient (Wildman–Crippen LogP) is 4.81. The lowest BCUT2D eigenvalue weighted by molar-refractivity contribution is 0.655. The molecule has 0 amide bonds. The van der Waals surface area contributed by atoms with Crippen molar-refractivity contribution in [2.45, 2.75) is 44.0 Å². The Balaban J connectivity index is 1.65. The number of tetrazole rings is 1. The highest BCUT2D eigenvalue weighted by Crippen LogP contribution is 2.32. The van der Waals surface area contributed by atoms with Gasteiger partial charge in [0.15, 0.2) is 5.16 Å². The molecule has 0 radical (unpaired) electrons. The third kappa shape index (κ3) is 4.09. The van der Waals surface area contributed by atoms with Crippen molar-refractivity contribution in [2.75, 3.05) is 0 Å². The molecule has 3 aromatic heterocycles. The number of nitrogens with zero attached hydrogens (tertiary/aromatic N) is 6. The van der Waals surface area contributed by atoms with Gasteiger partial charge in [-0.15, -0.1) is 16.4 Å².